The summed E-state index contributed by atoms with van der Waals surface area (Å²) in [6, 6.07) is 7.98. The molecule has 6 nitrogen and oxygen atoms in total. The second kappa shape index (κ2) is 13.4. The van der Waals surface area contributed by atoms with Crippen LogP contribution in [0.5, 0.6) is 0 Å². The maximum atomic E-state index is 12.4. The molecule has 1 fully saturated rings. The average molecular weight is 567 g/mol. The molecule has 158 valence electrons. The van der Waals surface area contributed by atoms with Crippen LogP contribution in [0.25, 0.3) is 0 Å². The number of carbonyl (C=O) groups is 1. The molecule has 0 aliphatic carbocycles. The summed E-state index contributed by atoms with van der Waals surface area (Å²) in [6.45, 7) is 6.71. The summed E-state index contributed by atoms with van der Waals surface area (Å²) in [6.07, 6.45) is 1.56. The lowest BCUT2D eigenvalue weighted by molar-refractivity contribution is -0.130. The monoisotopic (exact) mass is 566 g/mol. The van der Waals surface area contributed by atoms with E-state index in [1.54, 1.807) is 11.9 Å². The molecular formula is C20H32BrIN4O2. The Morgan fingerprint density at radius 2 is 2.18 bits per heavy atom. The molecule has 1 aromatic carbocycles. The first kappa shape index (κ1) is 25.2. The lowest BCUT2D eigenvalue weighted by atomic mass is 10.1. The number of ether oxygens (including phenoxy) is 1. The Bertz CT molecular complexity index is 644. The standard InChI is InChI=1S/C20H31BrN4O2.HI/c1-4-27-15-16-10-12-25(13-16)20(22-2)23-11-9-19(26)24(3)14-17-7-5-6-8-18(17)21;/h5-8,16H,4,9-15H2,1-3H3,(H,22,23);1H. The van der Waals surface area contributed by atoms with Crippen LogP contribution in [0.2, 0.25) is 0 Å². The summed E-state index contributed by atoms with van der Waals surface area (Å²) in [5, 5.41) is 3.33. The van der Waals surface area contributed by atoms with Crippen LogP contribution in [-0.2, 0) is 16.1 Å². The zero-order chi connectivity index (χ0) is 19.6. The fourth-order valence-corrected chi connectivity index (χ4v) is 3.63. The second-order valence-corrected chi connectivity index (χ2v) is 7.68. The van der Waals surface area contributed by atoms with E-state index in [-0.39, 0.29) is 29.9 Å². The molecule has 1 aromatic rings. The number of guanidine groups is 1. The minimum Gasteiger partial charge on any atom is -0.381 e. The first-order valence-corrected chi connectivity index (χ1v) is 10.3. The first-order chi connectivity index (χ1) is 13.0. The predicted molar refractivity (Wildman–Crippen MR) is 128 cm³/mol. The van der Waals surface area contributed by atoms with Gasteiger partial charge in [0.25, 0.3) is 0 Å². The fraction of sp³-hybridized carbons (Fsp3) is 0.600. The van der Waals surface area contributed by atoms with Crippen molar-refractivity contribution < 1.29 is 9.53 Å². The van der Waals surface area contributed by atoms with Crippen LogP contribution >= 0.6 is 39.9 Å². The maximum Gasteiger partial charge on any atom is 0.224 e. The molecule has 28 heavy (non-hydrogen) atoms. The smallest absolute Gasteiger partial charge is 0.224 e. The number of hydrogen-bond acceptors (Lipinski definition) is 3. The molecule has 0 spiro atoms. The molecule has 1 N–H and O–H groups in total. The minimum atomic E-state index is 0. The molecular weight excluding hydrogens is 535 g/mol. The van der Waals surface area contributed by atoms with Gasteiger partial charge in [0.1, 0.15) is 0 Å². The number of amides is 1. The maximum absolute atomic E-state index is 12.4. The fourth-order valence-electron chi connectivity index (χ4n) is 3.22. The summed E-state index contributed by atoms with van der Waals surface area (Å²) in [4.78, 5) is 20.8. The van der Waals surface area contributed by atoms with Gasteiger partial charge in [-0.25, -0.2) is 0 Å². The van der Waals surface area contributed by atoms with Crippen molar-refractivity contribution in [3.8, 4) is 0 Å². The Morgan fingerprint density at radius 1 is 1.43 bits per heavy atom. The zero-order valence-corrected chi connectivity index (χ0v) is 20.9. The van der Waals surface area contributed by atoms with Crippen molar-refractivity contribution in [3.63, 3.8) is 0 Å². The number of carbonyl (C=O) groups excluding carboxylic acids is 1. The largest absolute Gasteiger partial charge is 0.381 e. The van der Waals surface area contributed by atoms with Crippen LogP contribution in [0, 0.1) is 5.92 Å². The van der Waals surface area contributed by atoms with Gasteiger partial charge in [0, 0.05) is 63.7 Å². The van der Waals surface area contributed by atoms with Gasteiger partial charge in [-0.1, -0.05) is 34.1 Å². The number of hydrogen-bond donors (Lipinski definition) is 1. The van der Waals surface area contributed by atoms with E-state index in [9.17, 15) is 4.79 Å². The summed E-state index contributed by atoms with van der Waals surface area (Å²) in [7, 11) is 3.63. The minimum absolute atomic E-state index is 0. The molecule has 1 heterocycles. The topological polar surface area (TPSA) is 57.2 Å². The molecule has 1 aliphatic heterocycles. The quantitative estimate of drug-likeness (QED) is 0.298. The van der Waals surface area contributed by atoms with E-state index in [0.717, 1.165) is 48.7 Å². The molecule has 1 unspecified atom stereocenters. The van der Waals surface area contributed by atoms with E-state index in [1.807, 2.05) is 38.2 Å². The van der Waals surface area contributed by atoms with Crippen LogP contribution in [0.15, 0.2) is 33.7 Å². The van der Waals surface area contributed by atoms with Gasteiger partial charge in [-0.2, -0.15) is 0 Å². The van der Waals surface area contributed by atoms with Crippen LogP contribution in [-0.4, -0.2) is 68.6 Å². The number of halogens is 2. The molecule has 0 saturated carbocycles. The van der Waals surface area contributed by atoms with Crippen molar-refractivity contribution in [2.24, 2.45) is 10.9 Å². The Morgan fingerprint density at radius 3 is 2.86 bits per heavy atom. The highest BCUT2D eigenvalue weighted by molar-refractivity contribution is 14.0. The van der Waals surface area contributed by atoms with Crippen LogP contribution in [0.3, 0.4) is 0 Å². The van der Waals surface area contributed by atoms with E-state index in [2.05, 4.69) is 31.1 Å². The second-order valence-electron chi connectivity index (χ2n) is 6.83. The first-order valence-electron chi connectivity index (χ1n) is 9.55. The molecule has 1 saturated heterocycles. The van der Waals surface area contributed by atoms with Gasteiger partial charge >= 0.3 is 0 Å². The highest BCUT2D eigenvalue weighted by Crippen LogP contribution is 2.18. The normalized spacial score (nSPS) is 16.6. The van der Waals surface area contributed by atoms with E-state index >= 15 is 0 Å². The van der Waals surface area contributed by atoms with Gasteiger partial charge in [0.2, 0.25) is 5.91 Å². The number of likely N-dealkylation sites (tertiary alicyclic amines) is 1. The predicted octanol–water partition coefficient (Wildman–Crippen LogP) is 3.35. The molecule has 1 aliphatic rings. The number of aliphatic imine (C=N–C) groups is 1. The lowest BCUT2D eigenvalue weighted by Gasteiger charge is -2.22. The highest BCUT2D eigenvalue weighted by atomic mass is 127. The van der Waals surface area contributed by atoms with Crippen molar-refractivity contribution in [2.75, 3.05) is 46.9 Å². The third kappa shape index (κ3) is 7.87. The molecule has 0 aromatic heterocycles. The number of nitrogens with one attached hydrogen (secondary N) is 1. The summed E-state index contributed by atoms with van der Waals surface area (Å²) in [5.41, 5.74) is 1.11. The van der Waals surface area contributed by atoms with Gasteiger partial charge in [-0.05, 0) is 25.0 Å². The van der Waals surface area contributed by atoms with Gasteiger partial charge in [0.15, 0.2) is 5.96 Å². The van der Waals surface area contributed by atoms with Gasteiger partial charge in [0.05, 0.1) is 6.61 Å². The van der Waals surface area contributed by atoms with E-state index in [4.69, 9.17) is 4.74 Å². The van der Waals surface area contributed by atoms with Gasteiger partial charge < -0.3 is 19.9 Å². The average Bonchev–Trinajstić information content (AvgIpc) is 3.13. The Hall–Kier alpha value is -0.870. The lowest BCUT2D eigenvalue weighted by Crippen LogP contribution is -2.41. The zero-order valence-electron chi connectivity index (χ0n) is 17.0. The van der Waals surface area contributed by atoms with Crippen molar-refractivity contribution >= 4 is 51.8 Å². The van der Waals surface area contributed by atoms with Crippen molar-refractivity contribution in [2.45, 2.75) is 26.3 Å². The third-order valence-corrected chi connectivity index (χ3v) is 5.54. The van der Waals surface area contributed by atoms with E-state index < -0.39 is 0 Å². The molecule has 8 heteroatoms. The van der Waals surface area contributed by atoms with Gasteiger partial charge in [-0.15, -0.1) is 24.0 Å². The van der Waals surface area contributed by atoms with E-state index in [0.29, 0.717) is 25.4 Å². The van der Waals surface area contributed by atoms with Gasteiger partial charge in [-0.3, -0.25) is 9.79 Å². The van der Waals surface area contributed by atoms with Crippen LogP contribution < -0.4 is 5.32 Å². The van der Waals surface area contributed by atoms with Crippen LogP contribution in [0.4, 0.5) is 0 Å². The molecule has 1 atom stereocenters. The Kier molecular flexibility index (Phi) is 12.0. The summed E-state index contributed by atoms with van der Waals surface area (Å²) in [5.74, 6) is 1.54. The number of rotatable bonds is 8. The third-order valence-electron chi connectivity index (χ3n) is 4.77. The Balaban J connectivity index is 0.00000392. The molecule has 1 amide bonds. The number of benzene rings is 1. The SMILES string of the molecule is CCOCC1CCN(C(=NC)NCCC(=O)N(C)Cc2ccccc2Br)C1.I. The van der Waals surface area contributed by atoms with Crippen molar-refractivity contribution in [3.05, 3.63) is 34.3 Å². The summed E-state index contributed by atoms with van der Waals surface area (Å²) >= 11 is 3.53. The Labute approximate surface area is 194 Å². The highest BCUT2D eigenvalue weighted by Gasteiger charge is 2.24. The van der Waals surface area contributed by atoms with E-state index in [1.165, 1.54) is 0 Å². The van der Waals surface area contributed by atoms with Crippen molar-refractivity contribution in [1.82, 2.24) is 15.1 Å². The number of nitrogens with zero attached hydrogens (tertiary/aromatic N) is 3. The molecule has 0 bridgehead atoms. The molecule has 0 radical (unpaired) electrons. The van der Waals surface area contributed by atoms with Crippen LogP contribution in [0.1, 0.15) is 25.3 Å². The van der Waals surface area contributed by atoms with Crippen molar-refractivity contribution in [1.29, 1.82) is 0 Å². The summed E-state index contributed by atoms with van der Waals surface area (Å²) < 4.78 is 6.56. The molecule has 2 rings (SSSR count).